The molecule has 0 aliphatic carbocycles. The number of aliphatic hydroxyl groups is 1. The molecular formula is C25H38O7S. The minimum atomic E-state index is -1.41. The number of aliphatic carboxylic acids is 1. The summed E-state index contributed by atoms with van der Waals surface area (Å²) in [5, 5.41) is 20.2. The van der Waals surface area contributed by atoms with E-state index < -0.39 is 18.0 Å². The molecule has 0 bridgehead atoms. The van der Waals surface area contributed by atoms with Gasteiger partial charge in [-0.25, -0.2) is 0 Å². The van der Waals surface area contributed by atoms with Crippen LogP contribution >= 0.6 is 11.8 Å². The molecule has 0 heterocycles. The predicted molar refractivity (Wildman–Crippen MR) is 129 cm³/mol. The van der Waals surface area contributed by atoms with Crippen molar-refractivity contribution in [3.05, 3.63) is 35.4 Å². The number of aliphatic hydroxyl groups excluding tert-OH is 1. The summed E-state index contributed by atoms with van der Waals surface area (Å²) >= 11 is 1.51. The molecule has 0 aliphatic rings. The minimum Gasteiger partial charge on any atom is -0.481 e. The van der Waals surface area contributed by atoms with Crippen LogP contribution in [0.15, 0.2) is 24.3 Å². The topological polar surface area (TPSA) is 110 Å². The number of carbonyl (C=O) groups is 3. The molecule has 1 unspecified atom stereocenters. The summed E-state index contributed by atoms with van der Waals surface area (Å²) in [6, 6.07) is 7.10. The number of rotatable bonds is 16. The van der Waals surface area contributed by atoms with E-state index >= 15 is 0 Å². The quantitative estimate of drug-likeness (QED) is 0.340. The molecule has 0 saturated carbocycles. The number of aryl methyl sites for hydroxylation is 1. The third-order valence-electron chi connectivity index (χ3n) is 5.56. The summed E-state index contributed by atoms with van der Waals surface area (Å²) in [7, 11) is 0. The lowest BCUT2D eigenvalue weighted by molar-refractivity contribution is -0.146. The van der Waals surface area contributed by atoms with Crippen molar-refractivity contribution in [1.29, 1.82) is 0 Å². The number of ether oxygens (including phenoxy) is 2. The zero-order valence-electron chi connectivity index (χ0n) is 20.2. The number of benzene rings is 1. The van der Waals surface area contributed by atoms with E-state index in [4.69, 9.17) is 9.47 Å². The second kappa shape index (κ2) is 14.3. The second-order valence-corrected chi connectivity index (χ2v) is 9.85. The van der Waals surface area contributed by atoms with E-state index in [9.17, 15) is 24.6 Å². The highest BCUT2D eigenvalue weighted by atomic mass is 32.2. The van der Waals surface area contributed by atoms with Crippen LogP contribution in [-0.4, -0.2) is 59.4 Å². The number of carboxylic acids is 1. The smallest absolute Gasteiger partial charge is 0.316 e. The Bertz CT molecular complexity index is 778. The lowest BCUT2D eigenvalue weighted by Gasteiger charge is -2.31. The zero-order valence-corrected chi connectivity index (χ0v) is 21.0. The highest BCUT2D eigenvalue weighted by Crippen LogP contribution is 2.35. The molecule has 0 aliphatic heterocycles. The fourth-order valence-electron chi connectivity index (χ4n) is 3.67. The largest absolute Gasteiger partial charge is 0.481 e. The fourth-order valence-corrected chi connectivity index (χ4v) is 4.72. The lowest BCUT2D eigenvalue weighted by atomic mass is 9.75. The monoisotopic (exact) mass is 482 g/mol. The molecule has 1 rings (SSSR count). The van der Waals surface area contributed by atoms with Gasteiger partial charge in [0, 0.05) is 6.42 Å². The van der Waals surface area contributed by atoms with E-state index in [1.54, 1.807) is 32.0 Å². The minimum absolute atomic E-state index is 0.0989. The maximum atomic E-state index is 12.3. The van der Waals surface area contributed by atoms with E-state index in [-0.39, 0.29) is 30.2 Å². The van der Waals surface area contributed by atoms with Crippen molar-refractivity contribution in [1.82, 2.24) is 0 Å². The molecule has 8 heteroatoms. The highest BCUT2D eigenvalue weighted by Gasteiger charge is 2.40. The fraction of sp³-hybridized carbons (Fsp3) is 0.640. The predicted octanol–water partition coefficient (Wildman–Crippen LogP) is 3.99. The van der Waals surface area contributed by atoms with Crippen molar-refractivity contribution >= 4 is 29.7 Å². The van der Waals surface area contributed by atoms with Crippen LogP contribution < -0.4 is 0 Å². The summed E-state index contributed by atoms with van der Waals surface area (Å²) in [5.74, 6) is -0.550. The average Bonchev–Trinajstić information content (AvgIpc) is 2.75. The van der Waals surface area contributed by atoms with Crippen LogP contribution in [0.2, 0.25) is 0 Å². The molecule has 0 fully saturated rings. The van der Waals surface area contributed by atoms with E-state index in [0.717, 1.165) is 17.7 Å². The van der Waals surface area contributed by atoms with Crippen molar-refractivity contribution in [3.63, 3.8) is 0 Å². The Balaban J connectivity index is 2.81. The van der Waals surface area contributed by atoms with Gasteiger partial charge >= 0.3 is 17.9 Å². The van der Waals surface area contributed by atoms with Crippen LogP contribution in [0.1, 0.15) is 64.5 Å². The van der Waals surface area contributed by atoms with Crippen molar-refractivity contribution in [2.24, 2.45) is 5.41 Å². The van der Waals surface area contributed by atoms with Gasteiger partial charge in [0.25, 0.3) is 0 Å². The summed E-state index contributed by atoms with van der Waals surface area (Å²) < 4.78 is 9.90. The van der Waals surface area contributed by atoms with E-state index in [2.05, 4.69) is 13.8 Å². The van der Waals surface area contributed by atoms with Gasteiger partial charge in [0.1, 0.15) is 5.41 Å². The van der Waals surface area contributed by atoms with Crippen LogP contribution in [0.5, 0.6) is 0 Å². The maximum Gasteiger partial charge on any atom is 0.316 e. The summed E-state index contributed by atoms with van der Waals surface area (Å²) in [6.45, 7) is 7.88. The molecule has 0 saturated heterocycles. The van der Waals surface area contributed by atoms with Crippen LogP contribution in [-0.2, 0) is 35.7 Å². The molecule has 2 N–H and O–H groups in total. The molecule has 186 valence electrons. The van der Waals surface area contributed by atoms with Gasteiger partial charge in [-0.1, -0.05) is 44.5 Å². The second-order valence-electron chi connectivity index (χ2n) is 8.87. The Labute approximate surface area is 201 Å². The third-order valence-corrected chi connectivity index (χ3v) is 6.98. The standard InChI is InChI=1S/C25H38O7S/c1-5-31-21(27)12-11-19-9-7-10-20(15-19)25(17-26,23(29)30)14-8-13-24(3,4)18-33-16-22(28)32-6-2/h7,9-10,15,26H,5-6,8,11-14,16-18H2,1-4H3,(H,29,30). The SMILES string of the molecule is CCOC(=O)CCc1cccc(C(CO)(CCCC(C)(C)CSCC(=O)OCC)C(=O)O)c1. The van der Waals surface area contributed by atoms with Crippen molar-refractivity contribution in [2.75, 3.05) is 31.3 Å². The number of hydrogen-bond donors (Lipinski definition) is 2. The number of thioether (sulfide) groups is 1. The Morgan fingerprint density at radius 1 is 1.03 bits per heavy atom. The lowest BCUT2D eigenvalue weighted by Crippen LogP contribution is -2.40. The van der Waals surface area contributed by atoms with Gasteiger partial charge in [-0.15, -0.1) is 11.8 Å². The van der Waals surface area contributed by atoms with E-state index in [1.807, 2.05) is 6.07 Å². The summed E-state index contributed by atoms with van der Waals surface area (Å²) in [6.07, 6.45) is 2.30. The van der Waals surface area contributed by atoms with Crippen LogP contribution in [0, 0.1) is 5.41 Å². The van der Waals surface area contributed by atoms with Gasteiger partial charge in [0.05, 0.1) is 25.6 Å². The molecular weight excluding hydrogens is 444 g/mol. The highest BCUT2D eigenvalue weighted by molar-refractivity contribution is 7.99. The normalized spacial score (nSPS) is 13.2. The molecule has 0 aromatic heterocycles. The molecule has 33 heavy (non-hydrogen) atoms. The number of hydrogen-bond acceptors (Lipinski definition) is 7. The van der Waals surface area contributed by atoms with Gasteiger partial charge in [0.15, 0.2) is 0 Å². The summed E-state index contributed by atoms with van der Waals surface area (Å²) in [4.78, 5) is 35.5. The van der Waals surface area contributed by atoms with Gasteiger partial charge in [-0.2, -0.15) is 0 Å². The number of carbonyl (C=O) groups excluding carboxylic acids is 2. The van der Waals surface area contributed by atoms with Crippen LogP contribution in [0.25, 0.3) is 0 Å². The van der Waals surface area contributed by atoms with Crippen LogP contribution in [0.3, 0.4) is 0 Å². The molecule has 1 atom stereocenters. The van der Waals surface area contributed by atoms with Crippen molar-refractivity contribution in [2.45, 2.75) is 65.2 Å². The molecule has 1 aromatic carbocycles. The molecule has 7 nitrogen and oxygen atoms in total. The van der Waals surface area contributed by atoms with Crippen molar-refractivity contribution < 1.29 is 34.1 Å². The Morgan fingerprint density at radius 3 is 2.30 bits per heavy atom. The van der Waals surface area contributed by atoms with Gasteiger partial charge in [-0.3, -0.25) is 14.4 Å². The first-order valence-electron chi connectivity index (χ1n) is 11.4. The first-order chi connectivity index (χ1) is 15.6. The first-order valence-corrected chi connectivity index (χ1v) is 12.6. The average molecular weight is 483 g/mol. The number of carboxylic acid groups (broad SMARTS) is 1. The van der Waals surface area contributed by atoms with E-state index in [0.29, 0.717) is 37.4 Å². The maximum absolute atomic E-state index is 12.3. The Hall–Kier alpha value is -2.06. The van der Waals surface area contributed by atoms with Gasteiger partial charge in [-0.05, 0) is 55.4 Å². The third kappa shape index (κ3) is 9.76. The Morgan fingerprint density at radius 2 is 1.70 bits per heavy atom. The molecule has 1 aromatic rings. The van der Waals surface area contributed by atoms with Gasteiger partial charge < -0.3 is 19.7 Å². The first kappa shape index (κ1) is 29.0. The number of esters is 2. The summed E-state index contributed by atoms with van der Waals surface area (Å²) in [5.41, 5.74) is -0.143. The van der Waals surface area contributed by atoms with E-state index in [1.165, 1.54) is 11.8 Å². The van der Waals surface area contributed by atoms with Crippen LogP contribution in [0.4, 0.5) is 0 Å². The zero-order chi connectivity index (χ0) is 24.9. The Kier molecular flexibility index (Phi) is 12.5. The molecule has 0 amide bonds. The van der Waals surface area contributed by atoms with Gasteiger partial charge in [0.2, 0.25) is 0 Å². The van der Waals surface area contributed by atoms with Crippen molar-refractivity contribution in [3.8, 4) is 0 Å². The molecule has 0 spiro atoms. The molecule has 0 radical (unpaired) electrons.